The minimum absolute atomic E-state index is 0.211. The van der Waals surface area contributed by atoms with E-state index in [1.54, 1.807) is 12.1 Å². The van der Waals surface area contributed by atoms with Crippen molar-refractivity contribution in [3.63, 3.8) is 0 Å². The molecule has 1 fully saturated rings. The maximum Gasteiger partial charge on any atom is 0.335 e. The van der Waals surface area contributed by atoms with E-state index in [0.717, 1.165) is 31.9 Å². The molecule has 1 aromatic rings. The third-order valence-electron chi connectivity index (χ3n) is 4.07. The topological polar surface area (TPSA) is 72.9 Å². The normalized spacial score (nSPS) is 15.5. The summed E-state index contributed by atoms with van der Waals surface area (Å²) in [5, 5.41) is 12.0. The van der Waals surface area contributed by atoms with Gasteiger partial charge in [0.25, 0.3) is 0 Å². The number of carbonyl (C=O) groups is 2. The van der Waals surface area contributed by atoms with Gasteiger partial charge in [0.1, 0.15) is 0 Å². The number of carbonyl (C=O) groups excluding carboxylic acids is 1. The second-order valence-corrected chi connectivity index (χ2v) is 5.85. The maximum atomic E-state index is 11.6. The van der Waals surface area contributed by atoms with Gasteiger partial charge in [-0.2, -0.15) is 0 Å². The Hall–Kier alpha value is -2.34. The molecule has 1 heterocycles. The molecular weight excluding hydrogens is 294 g/mol. The number of carboxylic acids is 1. The summed E-state index contributed by atoms with van der Waals surface area (Å²) in [6, 6.07) is 5.23. The number of nitrogens with one attached hydrogen (secondary N) is 1. The molecule has 0 bridgehead atoms. The van der Waals surface area contributed by atoms with Crippen LogP contribution in [0.25, 0.3) is 0 Å². The highest BCUT2D eigenvalue weighted by atomic mass is 16.4. The largest absolute Gasteiger partial charge is 0.478 e. The Balaban J connectivity index is 2.27. The van der Waals surface area contributed by atoms with Crippen LogP contribution in [0.15, 0.2) is 30.9 Å². The van der Waals surface area contributed by atoms with Crippen molar-refractivity contribution in [1.29, 1.82) is 0 Å². The summed E-state index contributed by atoms with van der Waals surface area (Å²) in [4.78, 5) is 27.3. The molecule has 2 N–H and O–H groups in total. The van der Waals surface area contributed by atoms with Crippen molar-refractivity contribution in [3.8, 4) is 0 Å². The number of piperazine rings is 1. The highest BCUT2D eigenvalue weighted by Crippen LogP contribution is 2.29. The zero-order chi connectivity index (χ0) is 17.0. The number of aromatic carboxylic acids is 1. The Bertz CT molecular complexity index is 605. The lowest BCUT2D eigenvalue weighted by molar-refractivity contribution is -0.111. The first-order valence-corrected chi connectivity index (χ1v) is 7.72. The minimum Gasteiger partial charge on any atom is -0.478 e. The van der Waals surface area contributed by atoms with Crippen LogP contribution in [0.3, 0.4) is 0 Å². The number of anilines is 2. The lowest BCUT2D eigenvalue weighted by Gasteiger charge is -2.38. The van der Waals surface area contributed by atoms with Gasteiger partial charge in [-0.05, 0) is 38.1 Å². The Morgan fingerprint density at radius 3 is 2.43 bits per heavy atom. The van der Waals surface area contributed by atoms with Crippen molar-refractivity contribution in [2.75, 3.05) is 36.4 Å². The molecule has 1 aromatic carbocycles. The molecule has 1 aliphatic rings. The first kappa shape index (κ1) is 17.0. The standard InChI is InChI=1S/C17H23N3O3/c1-4-16(21)18-14-6-5-13(17(22)23)11-15(14)20-9-7-19(8-10-20)12(2)3/h4-6,11-12H,1,7-10H2,2-3H3,(H,18,21)(H,22,23). The molecule has 2 rings (SSSR count). The third kappa shape index (κ3) is 4.10. The van der Waals surface area contributed by atoms with Gasteiger partial charge in [-0.15, -0.1) is 0 Å². The van der Waals surface area contributed by atoms with Gasteiger partial charge in [0.05, 0.1) is 16.9 Å². The van der Waals surface area contributed by atoms with E-state index in [-0.39, 0.29) is 11.5 Å². The SMILES string of the molecule is C=CC(=O)Nc1ccc(C(=O)O)cc1N1CCN(C(C)C)CC1. The van der Waals surface area contributed by atoms with Gasteiger partial charge < -0.3 is 15.3 Å². The molecule has 1 aliphatic heterocycles. The summed E-state index contributed by atoms with van der Waals surface area (Å²) in [6.07, 6.45) is 1.20. The number of carboxylic acid groups (broad SMARTS) is 1. The van der Waals surface area contributed by atoms with Gasteiger partial charge >= 0.3 is 5.97 Å². The fourth-order valence-corrected chi connectivity index (χ4v) is 2.69. The van der Waals surface area contributed by atoms with Crippen molar-refractivity contribution < 1.29 is 14.7 Å². The Labute approximate surface area is 136 Å². The van der Waals surface area contributed by atoms with E-state index < -0.39 is 5.97 Å². The molecular formula is C17H23N3O3. The molecule has 0 aromatic heterocycles. The first-order valence-electron chi connectivity index (χ1n) is 7.72. The summed E-state index contributed by atoms with van der Waals surface area (Å²) >= 11 is 0. The molecule has 0 unspecified atom stereocenters. The highest BCUT2D eigenvalue weighted by Gasteiger charge is 2.22. The van der Waals surface area contributed by atoms with Gasteiger partial charge in [0.2, 0.25) is 5.91 Å². The summed E-state index contributed by atoms with van der Waals surface area (Å²) in [7, 11) is 0. The molecule has 1 saturated heterocycles. The van der Waals surface area contributed by atoms with E-state index in [0.29, 0.717) is 11.7 Å². The molecule has 6 nitrogen and oxygen atoms in total. The Morgan fingerprint density at radius 1 is 1.26 bits per heavy atom. The molecule has 0 atom stereocenters. The molecule has 124 valence electrons. The fourth-order valence-electron chi connectivity index (χ4n) is 2.69. The second-order valence-electron chi connectivity index (χ2n) is 5.85. The number of hydrogen-bond donors (Lipinski definition) is 2. The quantitative estimate of drug-likeness (QED) is 0.813. The molecule has 0 saturated carbocycles. The van der Waals surface area contributed by atoms with Crippen molar-refractivity contribution in [3.05, 3.63) is 36.4 Å². The van der Waals surface area contributed by atoms with Gasteiger partial charge in [0.15, 0.2) is 0 Å². The van der Waals surface area contributed by atoms with Crippen LogP contribution in [-0.2, 0) is 4.79 Å². The summed E-state index contributed by atoms with van der Waals surface area (Å²) in [5.74, 6) is -1.29. The Kier molecular flexibility index (Phi) is 5.39. The van der Waals surface area contributed by atoms with Gasteiger partial charge in [-0.3, -0.25) is 9.69 Å². The summed E-state index contributed by atoms with van der Waals surface area (Å²) in [5.41, 5.74) is 1.56. The lowest BCUT2D eigenvalue weighted by atomic mass is 10.1. The van der Waals surface area contributed by atoms with Crippen LogP contribution in [0.4, 0.5) is 11.4 Å². The van der Waals surface area contributed by atoms with Crippen molar-refractivity contribution in [2.24, 2.45) is 0 Å². The van der Waals surface area contributed by atoms with Crippen LogP contribution in [0.5, 0.6) is 0 Å². The van der Waals surface area contributed by atoms with Gasteiger partial charge in [-0.25, -0.2) is 4.79 Å². The number of benzene rings is 1. The molecule has 23 heavy (non-hydrogen) atoms. The molecule has 0 aliphatic carbocycles. The zero-order valence-corrected chi connectivity index (χ0v) is 13.6. The molecule has 1 amide bonds. The maximum absolute atomic E-state index is 11.6. The van der Waals surface area contributed by atoms with Crippen LogP contribution in [-0.4, -0.2) is 54.1 Å². The predicted octanol–water partition coefficient (Wildman–Crippen LogP) is 2.04. The van der Waals surface area contributed by atoms with E-state index in [1.165, 1.54) is 12.1 Å². The number of rotatable bonds is 5. The smallest absolute Gasteiger partial charge is 0.335 e. The fraction of sp³-hybridized carbons (Fsp3) is 0.412. The second kappa shape index (κ2) is 7.28. The average Bonchev–Trinajstić information content (AvgIpc) is 2.55. The van der Waals surface area contributed by atoms with Gasteiger partial charge in [-0.1, -0.05) is 6.58 Å². The van der Waals surface area contributed by atoms with Crippen molar-refractivity contribution >= 4 is 23.3 Å². The summed E-state index contributed by atoms with van der Waals surface area (Å²) in [6.45, 7) is 11.2. The van der Waals surface area contributed by atoms with E-state index in [4.69, 9.17) is 0 Å². The number of hydrogen-bond acceptors (Lipinski definition) is 4. The lowest BCUT2D eigenvalue weighted by Crippen LogP contribution is -2.49. The van der Waals surface area contributed by atoms with Crippen molar-refractivity contribution in [1.82, 2.24) is 4.90 Å². The van der Waals surface area contributed by atoms with Gasteiger partial charge in [0, 0.05) is 32.2 Å². The van der Waals surface area contributed by atoms with E-state index in [9.17, 15) is 14.7 Å². The van der Waals surface area contributed by atoms with Crippen LogP contribution in [0.2, 0.25) is 0 Å². The first-order chi connectivity index (χ1) is 10.9. The van der Waals surface area contributed by atoms with E-state index in [2.05, 4.69) is 35.5 Å². The van der Waals surface area contributed by atoms with Crippen LogP contribution in [0.1, 0.15) is 24.2 Å². The Morgan fingerprint density at radius 2 is 1.91 bits per heavy atom. The predicted molar refractivity (Wildman–Crippen MR) is 91.2 cm³/mol. The van der Waals surface area contributed by atoms with E-state index in [1.807, 2.05) is 0 Å². The van der Waals surface area contributed by atoms with Crippen LogP contribution >= 0.6 is 0 Å². The van der Waals surface area contributed by atoms with Crippen molar-refractivity contribution in [2.45, 2.75) is 19.9 Å². The zero-order valence-electron chi connectivity index (χ0n) is 13.6. The molecule has 0 radical (unpaired) electrons. The monoisotopic (exact) mass is 317 g/mol. The van der Waals surface area contributed by atoms with Crippen LogP contribution < -0.4 is 10.2 Å². The van der Waals surface area contributed by atoms with E-state index >= 15 is 0 Å². The third-order valence-corrected chi connectivity index (χ3v) is 4.07. The molecule has 6 heteroatoms. The molecule has 0 spiro atoms. The average molecular weight is 317 g/mol. The number of amides is 1. The highest BCUT2D eigenvalue weighted by molar-refractivity contribution is 6.02. The van der Waals surface area contributed by atoms with Crippen LogP contribution in [0, 0.1) is 0 Å². The minimum atomic E-state index is -0.978. The number of nitrogens with zero attached hydrogens (tertiary/aromatic N) is 2. The summed E-state index contributed by atoms with van der Waals surface area (Å²) < 4.78 is 0.